The van der Waals surface area contributed by atoms with Gasteiger partial charge in [-0.25, -0.2) is 14.0 Å². The summed E-state index contributed by atoms with van der Waals surface area (Å²) in [6.45, 7) is -0.516. The predicted molar refractivity (Wildman–Crippen MR) is 73.5 cm³/mol. The van der Waals surface area contributed by atoms with Gasteiger partial charge in [0.25, 0.3) is 5.56 Å². The molecule has 1 fully saturated rings. The molecule has 1 aliphatic rings. The second-order valence-corrected chi connectivity index (χ2v) is 6.22. The van der Waals surface area contributed by atoms with Crippen LogP contribution in [0, 0.1) is 0 Å². The molecule has 1 saturated heterocycles. The van der Waals surface area contributed by atoms with E-state index in [1.54, 1.807) is 0 Å². The standard InChI is InChI=1S/C10H13N4O8P/c15-5-1-7(22-6(5)3-21-23(18,19)20)14-8-4(2-11-14)9(16)13-10(17)12-8/h2,5-7,15H,1,3H2,(H2,18,19,20)(H2,12,13,16,17)/t5-,6+,7+/m0/s1. The monoisotopic (exact) mass is 348 g/mol. The van der Waals surface area contributed by atoms with E-state index in [0.29, 0.717) is 0 Å². The number of aliphatic hydroxyl groups excluding tert-OH is 1. The molecule has 12 nitrogen and oxygen atoms in total. The maximum atomic E-state index is 11.6. The number of aromatic amines is 2. The molecule has 23 heavy (non-hydrogen) atoms. The van der Waals surface area contributed by atoms with Crippen LogP contribution in [0.15, 0.2) is 15.8 Å². The highest BCUT2D eigenvalue weighted by molar-refractivity contribution is 7.46. The van der Waals surface area contributed by atoms with E-state index in [4.69, 9.17) is 14.5 Å². The zero-order valence-corrected chi connectivity index (χ0v) is 12.3. The Morgan fingerprint density at radius 1 is 1.43 bits per heavy atom. The Balaban J connectivity index is 1.85. The predicted octanol–water partition coefficient (Wildman–Crippen LogP) is -1.83. The first-order valence-electron chi connectivity index (χ1n) is 6.48. The number of phosphoric ester groups is 1. The number of rotatable bonds is 4. The van der Waals surface area contributed by atoms with Crippen LogP contribution in [0.5, 0.6) is 0 Å². The lowest BCUT2D eigenvalue weighted by atomic mass is 10.2. The first-order valence-corrected chi connectivity index (χ1v) is 8.01. The van der Waals surface area contributed by atoms with Crippen molar-refractivity contribution >= 4 is 18.9 Å². The molecule has 0 radical (unpaired) electrons. The minimum absolute atomic E-state index is 0.0425. The van der Waals surface area contributed by atoms with Crippen LogP contribution < -0.4 is 11.2 Å². The number of hydrogen-bond acceptors (Lipinski definition) is 7. The van der Waals surface area contributed by atoms with Crippen LogP contribution >= 0.6 is 7.82 Å². The van der Waals surface area contributed by atoms with Gasteiger partial charge in [-0.1, -0.05) is 0 Å². The van der Waals surface area contributed by atoms with Gasteiger partial charge in [-0.2, -0.15) is 5.10 Å². The zero-order valence-electron chi connectivity index (χ0n) is 11.4. The van der Waals surface area contributed by atoms with Gasteiger partial charge in [0, 0.05) is 6.42 Å². The Bertz CT molecular complexity index is 881. The van der Waals surface area contributed by atoms with Crippen molar-refractivity contribution in [3.63, 3.8) is 0 Å². The molecule has 0 aromatic carbocycles. The smallest absolute Gasteiger partial charge is 0.390 e. The summed E-state index contributed by atoms with van der Waals surface area (Å²) in [5, 5.41) is 14.0. The Labute approximate surface area is 126 Å². The van der Waals surface area contributed by atoms with E-state index in [1.807, 2.05) is 0 Å². The van der Waals surface area contributed by atoms with Crippen molar-refractivity contribution in [2.75, 3.05) is 6.61 Å². The van der Waals surface area contributed by atoms with E-state index < -0.39 is 44.1 Å². The first-order chi connectivity index (χ1) is 10.7. The van der Waals surface area contributed by atoms with Crippen LogP contribution in [0.25, 0.3) is 11.0 Å². The van der Waals surface area contributed by atoms with Crippen LogP contribution in [0.3, 0.4) is 0 Å². The van der Waals surface area contributed by atoms with Crippen LogP contribution in [-0.2, 0) is 13.8 Å². The summed E-state index contributed by atoms with van der Waals surface area (Å²) in [7, 11) is -4.68. The van der Waals surface area contributed by atoms with Gasteiger partial charge in [-0.3, -0.25) is 19.3 Å². The molecule has 0 unspecified atom stereocenters. The van der Waals surface area contributed by atoms with Crippen LogP contribution in [0.2, 0.25) is 0 Å². The Kier molecular flexibility index (Phi) is 3.96. The number of hydrogen-bond donors (Lipinski definition) is 5. The van der Waals surface area contributed by atoms with Crippen molar-refractivity contribution in [3.05, 3.63) is 27.0 Å². The molecule has 3 atom stereocenters. The van der Waals surface area contributed by atoms with Crippen LogP contribution in [-0.4, -0.2) is 53.5 Å². The summed E-state index contributed by atoms with van der Waals surface area (Å²) in [5.74, 6) is 0. The van der Waals surface area contributed by atoms with E-state index in [-0.39, 0.29) is 17.5 Å². The summed E-state index contributed by atoms with van der Waals surface area (Å²) in [6.07, 6.45) is -1.59. The summed E-state index contributed by atoms with van der Waals surface area (Å²) >= 11 is 0. The third kappa shape index (κ3) is 3.27. The number of H-pyrrole nitrogens is 2. The molecule has 0 bridgehead atoms. The summed E-state index contributed by atoms with van der Waals surface area (Å²) < 4.78 is 21.7. The lowest BCUT2D eigenvalue weighted by Crippen LogP contribution is -2.26. The normalized spacial score (nSPS) is 25.3. The fourth-order valence-corrected chi connectivity index (χ4v) is 2.71. The third-order valence-corrected chi connectivity index (χ3v) is 3.87. The Morgan fingerprint density at radius 3 is 2.87 bits per heavy atom. The zero-order chi connectivity index (χ0) is 16.8. The second-order valence-electron chi connectivity index (χ2n) is 4.98. The maximum absolute atomic E-state index is 11.6. The van der Waals surface area contributed by atoms with Gasteiger partial charge < -0.3 is 19.6 Å². The highest BCUT2D eigenvalue weighted by Gasteiger charge is 2.37. The average Bonchev–Trinajstić information content (AvgIpc) is 2.99. The van der Waals surface area contributed by atoms with E-state index >= 15 is 0 Å². The fraction of sp³-hybridized carbons (Fsp3) is 0.500. The van der Waals surface area contributed by atoms with E-state index in [1.165, 1.54) is 10.9 Å². The number of aliphatic hydroxyl groups is 1. The topological polar surface area (TPSA) is 180 Å². The van der Waals surface area contributed by atoms with Crippen LogP contribution in [0.1, 0.15) is 12.6 Å². The third-order valence-electron chi connectivity index (χ3n) is 3.38. The molecular weight excluding hydrogens is 335 g/mol. The van der Waals surface area contributed by atoms with Crippen molar-refractivity contribution in [2.24, 2.45) is 0 Å². The lowest BCUT2D eigenvalue weighted by Gasteiger charge is -2.15. The number of nitrogens with zero attached hydrogens (tertiary/aromatic N) is 2. The van der Waals surface area contributed by atoms with Gasteiger partial charge in [-0.15, -0.1) is 0 Å². The molecule has 0 amide bonds. The second kappa shape index (κ2) is 5.67. The van der Waals surface area contributed by atoms with E-state index in [2.05, 4.69) is 19.6 Å². The molecule has 3 heterocycles. The molecule has 0 saturated carbocycles. The molecule has 2 aromatic heterocycles. The molecule has 126 valence electrons. The largest absolute Gasteiger partial charge is 0.469 e. The summed E-state index contributed by atoms with van der Waals surface area (Å²) in [6, 6.07) is 0. The van der Waals surface area contributed by atoms with E-state index in [9.17, 15) is 19.3 Å². The lowest BCUT2D eigenvalue weighted by molar-refractivity contribution is -0.0462. The quantitative estimate of drug-likeness (QED) is 0.397. The molecule has 13 heteroatoms. The molecular formula is C10H13N4O8P. The Hall–Kier alpha value is -1.82. The van der Waals surface area contributed by atoms with Gasteiger partial charge >= 0.3 is 13.5 Å². The number of ether oxygens (including phenoxy) is 1. The fourth-order valence-electron chi connectivity index (χ4n) is 2.37. The molecule has 2 aromatic rings. The minimum Gasteiger partial charge on any atom is -0.390 e. The number of phosphoric acid groups is 1. The molecule has 1 aliphatic heterocycles. The van der Waals surface area contributed by atoms with Crippen LogP contribution in [0.4, 0.5) is 0 Å². The molecule has 0 aliphatic carbocycles. The number of aromatic nitrogens is 4. The molecule has 5 N–H and O–H groups in total. The highest BCUT2D eigenvalue weighted by Crippen LogP contribution is 2.38. The number of nitrogens with one attached hydrogen (secondary N) is 2. The van der Waals surface area contributed by atoms with Crippen molar-refractivity contribution in [1.82, 2.24) is 19.7 Å². The van der Waals surface area contributed by atoms with Gasteiger partial charge in [0.05, 0.1) is 18.9 Å². The first kappa shape index (κ1) is 16.1. The highest BCUT2D eigenvalue weighted by atomic mass is 31.2. The van der Waals surface area contributed by atoms with Gasteiger partial charge in [0.2, 0.25) is 0 Å². The van der Waals surface area contributed by atoms with Gasteiger partial charge in [0.1, 0.15) is 17.1 Å². The van der Waals surface area contributed by atoms with Crippen molar-refractivity contribution in [3.8, 4) is 0 Å². The SMILES string of the molecule is O=c1[nH]c(=O)c2cnn([C@H]3C[C@H](O)[C@@H](COP(=O)(O)O)O3)c2[nH]1. The summed E-state index contributed by atoms with van der Waals surface area (Å²) in [5.41, 5.74) is -1.22. The minimum atomic E-state index is -4.68. The van der Waals surface area contributed by atoms with Crippen molar-refractivity contribution in [2.45, 2.75) is 24.9 Å². The van der Waals surface area contributed by atoms with Crippen molar-refractivity contribution < 1.29 is 28.7 Å². The van der Waals surface area contributed by atoms with Gasteiger partial charge in [0.15, 0.2) is 6.23 Å². The summed E-state index contributed by atoms with van der Waals surface area (Å²) in [4.78, 5) is 44.8. The Morgan fingerprint density at radius 2 is 2.17 bits per heavy atom. The number of fused-ring (bicyclic) bond motifs is 1. The van der Waals surface area contributed by atoms with Crippen molar-refractivity contribution in [1.29, 1.82) is 0 Å². The molecule has 0 spiro atoms. The van der Waals surface area contributed by atoms with E-state index in [0.717, 1.165) is 0 Å². The molecule has 3 rings (SSSR count). The average molecular weight is 348 g/mol. The maximum Gasteiger partial charge on any atom is 0.469 e. The van der Waals surface area contributed by atoms with Gasteiger partial charge in [-0.05, 0) is 0 Å².